The third-order valence-electron chi connectivity index (χ3n) is 2.50. The number of hydrogen-bond acceptors (Lipinski definition) is 3. The Labute approximate surface area is 81.2 Å². The molecule has 78 valence electrons. The average molecular weight is 199 g/mol. The lowest BCUT2D eigenvalue weighted by Gasteiger charge is -2.11. The molecule has 4 N–H and O–H groups in total. The lowest BCUT2D eigenvalue weighted by Crippen LogP contribution is -2.36. The van der Waals surface area contributed by atoms with E-state index >= 15 is 0 Å². The molecule has 0 aliphatic carbocycles. The lowest BCUT2D eigenvalue weighted by molar-refractivity contribution is -0.129. The van der Waals surface area contributed by atoms with Crippen LogP contribution in [0.1, 0.15) is 6.92 Å². The van der Waals surface area contributed by atoms with Gasteiger partial charge in [-0.15, -0.1) is 0 Å². The predicted octanol–water partition coefficient (Wildman–Crippen LogP) is -1.95. The highest BCUT2D eigenvalue weighted by molar-refractivity contribution is 5.88. The van der Waals surface area contributed by atoms with Crippen LogP contribution in [0.5, 0.6) is 0 Å². The molecule has 0 radical (unpaired) electrons. The normalized spacial score (nSPS) is 26.2. The van der Waals surface area contributed by atoms with Gasteiger partial charge in [-0.1, -0.05) is 0 Å². The van der Waals surface area contributed by atoms with Gasteiger partial charge in [0.05, 0.1) is 11.8 Å². The molecule has 6 heteroatoms. The summed E-state index contributed by atoms with van der Waals surface area (Å²) in [5.74, 6) is -2.64. The van der Waals surface area contributed by atoms with Crippen LogP contribution in [0.25, 0.3) is 0 Å². The second-order valence-corrected chi connectivity index (χ2v) is 3.44. The van der Waals surface area contributed by atoms with Gasteiger partial charge in [-0.3, -0.25) is 14.4 Å². The number of carbonyl (C=O) groups is 3. The first-order valence-electron chi connectivity index (χ1n) is 4.27. The van der Waals surface area contributed by atoms with Crippen molar-refractivity contribution in [3.8, 4) is 0 Å². The molecule has 2 unspecified atom stereocenters. The Morgan fingerprint density at radius 2 is 1.43 bits per heavy atom. The molecule has 0 bridgehead atoms. The zero-order valence-electron chi connectivity index (χ0n) is 7.90. The molecule has 3 amide bonds. The fraction of sp³-hybridized carbons (Fsp3) is 0.625. The van der Waals surface area contributed by atoms with E-state index in [2.05, 4.69) is 0 Å². The maximum absolute atomic E-state index is 11.0. The molecule has 0 saturated carbocycles. The van der Waals surface area contributed by atoms with E-state index in [-0.39, 0.29) is 19.0 Å². The number of nitrogens with two attached hydrogens (primary N) is 2. The van der Waals surface area contributed by atoms with Gasteiger partial charge in [0.1, 0.15) is 0 Å². The maximum Gasteiger partial charge on any atom is 0.223 e. The molecule has 1 heterocycles. The van der Waals surface area contributed by atoms with Crippen molar-refractivity contribution in [2.75, 3.05) is 13.1 Å². The summed E-state index contributed by atoms with van der Waals surface area (Å²) in [4.78, 5) is 34.3. The highest BCUT2D eigenvalue weighted by Crippen LogP contribution is 2.22. The van der Waals surface area contributed by atoms with Gasteiger partial charge in [-0.25, -0.2) is 0 Å². The van der Waals surface area contributed by atoms with Crippen molar-refractivity contribution in [3.05, 3.63) is 0 Å². The summed E-state index contributed by atoms with van der Waals surface area (Å²) in [6.45, 7) is 1.76. The van der Waals surface area contributed by atoms with E-state index in [4.69, 9.17) is 11.5 Å². The molecule has 0 aromatic carbocycles. The number of hydrogen-bond donors (Lipinski definition) is 2. The first-order valence-corrected chi connectivity index (χ1v) is 4.27. The Morgan fingerprint density at radius 3 is 1.64 bits per heavy atom. The van der Waals surface area contributed by atoms with E-state index in [1.54, 1.807) is 0 Å². The van der Waals surface area contributed by atoms with Crippen LogP contribution in [-0.4, -0.2) is 35.7 Å². The Morgan fingerprint density at radius 1 is 1.07 bits per heavy atom. The molecule has 0 aromatic rings. The van der Waals surface area contributed by atoms with E-state index < -0.39 is 23.7 Å². The Balaban J connectivity index is 2.80. The van der Waals surface area contributed by atoms with Crippen molar-refractivity contribution in [2.45, 2.75) is 6.92 Å². The highest BCUT2D eigenvalue weighted by atomic mass is 16.2. The quantitative estimate of drug-likeness (QED) is 0.539. The van der Waals surface area contributed by atoms with E-state index in [0.717, 1.165) is 0 Å². The minimum Gasteiger partial charge on any atom is -0.369 e. The SMILES string of the molecule is CC(=O)N1CC(C(N)=O)C(C(N)=O)C1. The maximum atomic E-state index is 11.0. The molecule has 6 nitrogen and oxygen atoms in total. The first-order chi connectivity index (χ1) is 6.43. The first kappa shape index (κ1) is 10.5. The van der Waals surface area contributed by atoms with Crippen molar-refractivity contribution in [2.24, 2.45) is 23.3 Å². The van der Waals surface area contributed by atoms with Gasteiger partial charge in [-0.2, -0.15) is 0 Å². The number of rotatable bonds is 2. The fourth-order valence-electron chi connectivity index (χ4n) is 1.64. The van der Waals surface area contributed by atoms with Crippen molar-refractivity contribution in [3.63, 3.8) is 0 Å². The molecule has 2 atom stereocenters. The van der Waals surface area contributed by atoms with Crippen LogP contribution in [0.15, 0.2) is 0 Å². The Bertz CT molecular complexity index is 268. The predicted molar refractivity (Wildman–Crippen MR) is 47.6 cm³/mol. The third kappa shape index (κ3) is 1.84. The molecular weight excluding hydrogens is 186 g/mol. The van der Waals surface area contributed by atoms with Crippen LogP contribution in [0.4, 0.5) is 0 Å². The van der Waals surface area contributed by atoms with Gasteiger partial charge in [0.2, 0.25) is 17.7 Å². The summed E-state index contributed by atoms with van der Waals surface area (Å²) in [6, 6.07) is 0. The molecule has 0 aromatic heterocycles. The summed E-state index contributed by atoms with van der Waals surface area (Å²) in [7, 11) is 0. The second kappa shape index (κ2) is 3.65. The van der Waals surface area contributed by atoms with E-state index in [1.165, 1.54) is 11.8 Å². The minimum absolute atomic E-state index is 0.181. The van der Waals surface area contributed by atoms with Crippen LogP contribution in [-0.2, 0) is 14.4 Å². The smallest absolute Gasteiger partial charge is 0.223 e. The van der Waals surface area contributed by atoms with Crippen LogP contribution < -0.4 is 11.5 Å². The average Bonchev–Trinajstić information content (AvgIpc) is 2.47. The summed E-state index contributed by atoms with van der Waals surface area (Å²) in [5, 5.41) is 0. The molecule has 1 rings (SSSR count). The molecule has 14 heavy (non-hydrogen) atoms. The zero-order chi connectivity index (χ0) is 10.9. The van der Waals surface area contributed by atoms with Crippen LogP contribution in [0, 0.1) is 11.8 Å². The van der Waals surface area contributed by atoms with Crippen molar-refractivity contribution < 1.29 is 14.4 Å². The van der Waals surface area contributed by atoms with Gasteiger partial charge in [-0.05, 0) is 0 Å². The van der Waals surface area contributed by atoms with E-state index in [1.807, 2.05) is 0 Å². The summed E-state index contributed by atoms with van der Waals surface area (Å²) < 4.78 is 0. The van der Waals surface area contributed by atoms with Crippen LogP contribution in [0.2, 0.25) is 0 Å². The monoisotopic (exact) mass is 199 g/mol. The Kier molecular flexibility index (Phi) is 2.73. The summed E-state index contributed by atoms with van der Waals surface area (Å²) in [6.07, 6.45) is 0. The molecule has 1 aliphatic rings. The van der Waals surface area contributed by atoms with Crippen molar-refractivity contribution in [1.29, 1.82) is 0 Å². The number of likely N-dealkylation sites (tertiary alicyclic amines) is 1. The van der Waals surface area contributed by atoms with E-state index in [9.17, 15) is 14.4 Å². The largest absolute Gasteiger partial charge is 0.369 e. The van der Waals surface area contributed by atoms with Gasteiger partial charge in [0.15, 0.2) is 0 Å². The molecule has 1 saturated heterocycles. The van der Waals surface area contributed by atoms with Crippen molar-refractivity contribution in [1.82, 2.24) is 4.90 Å². The molecule has 1 fully saturated rings. The van der Waals surface area contributed by atoms with Crippen LogP contribution >= 0.6 is 0 Å². The standard InChI is InChI=1S/C8H13N3O3/c1-4(12)11-2-5(7(9)13)6(3-11)8(10)14/h5-6H,2-3H2,1H3,(H2,9,13)(H2,10,14). The van der Waals surface area contributed by atoms with Gasteiger partial charge in [0.25, 0.3) is 0 Å². The summed E-state index contributed by atoms with van der Waals surface area (Å²) in [5.41, 5.74) is 10.2. The number of nitrogens with zero attached hydrogens (tertiary/aromatic N) is 1. The molecule has 0 spiro atoms. The summed E-state index contributed by atoms with van der Waals surface area (Å²) >= 11 is 0. The third-order valence-corrected chi connectivity index (χ3v) is 2.50. The zero-order valence-corrected chi connectivity index (χ0v) is 7.90. The molecular formula is C8H13N3O3. The molecule has 1 aliphatic heterocycles. The number of carbonyl (C=O) groups excluding carboxylic acids is 3. The number of primary amides is 2. The Hall–Kier alpha value is -1.59. The topological polar surface area (TPSA) is 106 Å². The number of amides is 3. The fourth-order valence-corrected chi connectivity index (χ4v) is 1.64. The highest BCUT2D eigenvalue weighted by Gasteiger charge is 2.40. The van der Waals surface area contributed by atoms with Gasteiger partial charge < -0.3 is 16.4 Å². The van der Waals surface area contributed by atoms with E-state index in [0.29, 0.717) is 0 Å². The van der Waals surface area contributed by atoms with Gasteiger partial charge in [0, 0.05) is 20.0 Å². The lowest BCUT2D eigenvalue weighted by atomic mass is 9.95. The minimum atomic E-state index is -0.642. The van der Waals surface area contributed by atoms with Crippen molar-refractivity contribution >= 4 is 17.7 Å². The van der Waals surface area contributed by atoms with Crippen LogP contribution in [0.3, 0.4) is 0 Å². The van der Waals surface area contributed by atoms with Gasteiger partial charge >= 0.3 is 0 Å². The second-order valence-electron chi connectivity index (χ2n) is 3.44.